The maximum absolute atomic E-state index is 11.8. The standard InChI is InChI=1S/C16H16N2O5/c1-22-15(11-6-5-7-12(10-11)18(20)21)17-14-9-4-3-8-13(14)16(19)23-2/h3-10,15,17H,1-2H3. The first-order valence-corrected chi connectivity index (χ1v) is 6.78. The molecule has 2 rings (SSSR count). The Morgan fingerprint density at radius 2 is 1.91 bits per heavy atom. The molecule has 1 N–H and O–H groups in total. The third-order valence-corrected chi connectivity index (χ3v) is 3.24. The van der Waals surface area contributed by atoms with Gasteiger partial charge in [-0.15, -0.1) is 0 Å². The van der Waals surface area contributed by atoms with Crippen LogP contribution in [-0.4, -0.2) is 25.1 Å². The van der Waals surface area contributed by atoms with Gasteiger partial charge in [-0.25, -0.2) is 4.79 Å². The largest absolute Gasteiger partial charge is 0.465 e. The van der Waals surface area contributed by atoms with Gasteiger partial charge in [0.05, 0.1) is 23.3 Å². The highest BCUT2D eigenvalue weighted by molar-refractivity contribution is 5.95. The smallest absolute Gasteiger partial charge is 0.339 e. The summed E-state index contributed by atoms with van der Waals surface area (Å²) >= 11 is 0. The number of nitro benzene ring substituents is 1. The number of ether oxygens (including phenoxy) is 2. The van der Waals surface area contributed by atoms with E-state index in [0.717, 1.165) is 0 Å². The van der Waals surface area contributed by atoms with Gasteiger partial charge in [-0.1, -0.05) is 24.3 Å². The molecular weight excluding hydrogens is 300 g/mol. The van der Waals surface area contributed by atoms with Gasteiger partial charge in [0.1, 0.15) is 0 Å². The highest BCUT2D eigenvalue weighted by Crippen LogP contribution is 2.26. The number of hydrogen-bond acceptors (Lipinski definition) is 6. The Labute approximate surface area is 133 Å². The number of benzene rings is 2. The Bertz CT molecular complexity index is 717. The molecule has 23 heavy (non-hydrogen) atoms. The monoisotopic (exact) mass is 316 g/mol. The van der Waals surface area contributed by atoms with Crippen LogP contribution in [0.5, 0.6) is 0 Å². The Balaban J connectivity index is 2.32. The fraction of sp³-hybridized carbons (Fsp3) is 0.188. The normalized spacial score (nSPS) is 11.6. The molecule has 1 unspecified atom stereocenters. The van der Waals surface area contributed by atoms with Crippen molar-refractivity contribution in [2.24, 2.45) is 0 Å². The molecule has 0 aromatic heterocycles. The molecule has 1 atom stereocenters. The fourth-order valence-electron chi connectivity index (χ4n) is 2.12. The number of hydrogen-bond donors (Lipinski definition) is 1. The van der Waals surface area contributed by atoms with Crippen LogP contribution in [0.25, 0.3) is 0 Å². The van der Waals surface area contributed by atoms with Gasteiger partial charge in [-0.05, 0) is 12.1 Å². The number of non-ortho nitro benzene ring substituents is 1. The van der Waals surface area contributed by atoms with Crippen molar-refractivity contribution in [3.05, 3.63) is 69.8 Å². The number of anilines is 1. The molecule has 0 radical (unpaired) electrons. The van der Waals surface area contributed by atoms with Crippen LogP contribution in [-0.2, 0) is 9.47 Å². The first-order valence-electron chi connectivity index (χ1n) is 6.78. The minimum absolute atomic E-state index is 0.0346. The van der Waals surface area contributed by atoms with Crippen LogP contribution >= 0.6 is 0 Å². The van der Waals surface area contributed by atoms with E-state index in [1.54, 1.807) is 36.4 Å². The van der Waals surface area contributed by atoms with Gasteiger partial charge in [0, 0.05) is 24.8 Å². The first-order chi connectivity index (χ1) is 11.1. The van der Waals surface area contributed by atoms with E-state index in [-0.39, 0.29) is 5.69 Å². The van der Waals surface area contributed by atoms with Crippen molar-refractivity contribution < 1.29 is 19.2 Å². The molecule has 0 bridgehead atoms. The molecule has 7 heteroatoms. The highest BCUT2D eigenvalue weighted by Gasteiger charge is 2.18. The van der Waals surface area contributed by atoms with Gasteiger partial charge >= 0.3 is 5.97 Å². The SMILES string of the molecule is COC(=O)c1ccccc1NC(OC)c1cccc([N+](=O)[O-])c1. The van der Waals surface area contributed by atoms with Gasteiger partial charge < -0.3 is 14.8 Å². The van der Waals surface area contributed by atoms with Crippen molar-refractivity contribution >= 4 is 17.3 Å². The molecule has 0 aliphatic rings. The molecule has 0 saturated heterocycles. The zero-order valence-corrected chi connectivity index (χ0v) is 12.7. The first kappa shape index (κ1) is 16.4. The van der Waals surface area contributed by atoms with Crippen molar-refractivity contribution in [3.63, 3.8) is 0 Å². The van der Waals surface area contributed by atoms with E-state index in [1.165, 1.54) is 26.4 Å². The van der Waals surface area contributed by atoms with Crippen molar-refractivity contribution in [3.8, 4) is 0 Å². The molecule has 0 aliphatic carbocycles. The second kappa shape index (κ2) is 7.37. The van der Waals surface area contributed by atoms with E-state index < -0.39 is 17.1 Å². The number of nitrogens with zero attached hydrogens (tertiary/aromatic N) is 1. The lowest BCUT2D eigenvalue weighted by Gasteiger charge is -2.20. The summed E-state index contributed by atoms with van der Waals surface area (Å²) in [5.41, 5.74) is 1.40. The Kier molecular flexibility index (Phi) is 5.27. The molecule has 120 valence electrons. The number of esters is 1. The molecule has 0 fully saturated rings. The predicted molar refractivity (Wildman–Crippen MR) is 84.3 cm³/mol. The molecule has 0 aliphatic heterocycles. The fourth-order valence-corrected chi connectivity index (χ4v) is 2.12. The lowest BCUT2D eigenvalue weighted by molar-refractivity contribution is -0.385. The summed E-state index contributed by atoms with van der Waals surface area (Å²) in [6.45, 7) is 0. The Hall–Kier alpha value is -2.93. The summed E-state index contributed by atoms with van der Waals surface area (Å²) in [6.07, 6.45) is -0.652. The van der Waals surface area contributed by atoms with Crippen LogP contribution in [0.1, 0.15) is 22.1 Å². The summed E-state index contributed by atoms with van der Waals surface area (Å²) in [5, 5.41) is 13.9. The van der Waals surface area contributed by atoms with Crippen LogP contribution in [0.3, 0.4) is 0 Å². The molecule has 2 aromatic carbocycles. The highest BCUT2D eigenvalue weighted by atomic mass is 16.6. The average Bonchev–Trinajstić information content (AvgIpc) is 2.59. The Morgan fingerprint density at radius 1 is 1.17 bits per heavy atom. The zero-order chi connectivity index (χ0) is 16.8. The van der Waals surface area contributed by atoms with Crippen LogP contribution in [0.2, 0.25) is 0 Å². The second-order valence-corrected chi connectivity index (χ2v) is 4.65. The number of nitro groups is 1. The number of nitrogens with one attached hydrogen (secondary N) is 1. The predicted octanol–water partition coefficient (Wildman–Crippen LogP) is 3.14. The summed E-state index contributed by atoms with van der Waals surface area (Å²) in [7, 11) is 2.77. The average molecular weight is 316 g/mol. The van der Waals surface area contributed by atoms with Crippen molar-refractivity contribution in [1.82, 2.24) is 0 Å². The van der Waals surface area contributed by atoms with Gasteiger partial charge in [0.2, 0.25) is 0 Å². The third-order valence-electron chi connectivity index (χ3n) is 3.24. The minimum atomic E-state index is -0.652. The van der Waals surface area contributed by atoms with E-state index >= 15 is 0 Å². The maximum atomic E-state index is 11.8. The summed E-state index contributed by atoms with van der Waals surface area (Å²) < 4.78 is 10.1. The quantitative estimate of drug-likeness (QED) is 0.381. The number of carbonyl (C=O) groups excluding carboxylic acids is 1. The molecule has 7 nitrogen and oxygen atoms in total. The number of rotatable bonds is 6. The van der Waals surface area contributed by atoms with Crippen LogP contribution in [0.15, 0.2) is 48.5 Å². The second-order valence-electron chi connectivity index (χ2n) is 4.65. The van der Waals surface area contributed by atoms with E-state index in [4.69, 9.17) is 9.47 Å². The van der Waals surface area contributed by atoms with Crippen LogP contribution < -0.4 is 5.32 Å². The number of para-hydroxylation sites is 1. The lowest BCUT2D eigenvalue weighted by Crippen LogP contribution is -2.15. The van der Waals surface area contributed by atoms with Crippen molar-refractivity contribution in [2.75, 3.05) is 19.5 Å². The maximum Gasteiger partial charge on any atom is 0.339 e. The Morgan fingerprint density at radius 3 is 2.57 bits per heavy atom. The van der Waals surface area contributed by atoms with E-state index in [2.05, 4.69) is 5.32 Å². The van der Waals surface area contributed by atoms with Gasteiger partial charge in [-0.2, -0.15) is 0 Å². The third kappa shape index (κ3) is 3.83. The summed E-state index contributed by atoms with van der Waals surface area (Å²) in [4.78, 5) is 22.2. The van der Waals surface area contributed by atoms with Gasteiger partial charge in [-0.3, -0.25) is 10.1 Å². The summed E-state index contributed by atoms with van der Waals surface area (Å²) in [6, 6.07) is 12.9. The lowest BCUT2D eigenvalue weighted by atomic mass is 10.1. The zero-order valence-electron chi connectivity index (χ0n) is 12.7. The number of carbonyl (C=O) groups is 1. The summed E-state index contributed by atoms with van der Waals surface area (Å²) in [5.74, 6) is -0.484. The topological polar surface area (TPSA) is 90.7 Å². The van der Waals surface area contributed by atoms with Gasteiger partial charge in [0.25, 0.3) is 5.69 Å². The molecule has 0 saturated carbocycles. The van der Waals surface area contributed by atoms with E-state index in [0.29, 0.717) is 16.8 Å². The molecule has 0 spiro atoms. The van der Waals surface area contributed by atoms with Crippen LogP contribution in [0, 0.1) is 10.1 Å². The number of methoxy groups -OCH3 is 2. The molecule has 0 heterocycles. The van der Waals surface area contributed by atoms with Crippen molar-refractivity contribution in [1.29, 1.82) is 0 Å². The van der Waals surface area contributed by atoms with E-state index in [1.807, 2.05) is 0 Å². The molecule has 0 amide bonds. The molecular formula is C16H16N2O5. The van der Waals surface area contributed by atoms with E-state index in [9.17, 15) is 14.9 Å². The minimum Gasteiger partial charge on any atom is -0.465 e. The molecule has 2 aromatic rings. The van der Waals surface area contributed by atoms with Crippen LogP contribution in [0.4, 0.5) is 11.4 Å². The van der Waals surface area contributed by atoms with Crippen molar-refractivity contribution in [2.45, 2.75) is 6.23 Å². The van der Waals surface area contributed by atoms with Gasteiger partial charge in [0.15, 0.2) is 6.23 Å².